The first-order chi connectivity index (χ1) is 6.83. The van der Waals surface area contributed by atoms with Crippen molar-refractivity contribution in [2.45, 2.75) is 45.1 Å². The normalized spacial score (nSPS) is 12.7. The number of hydrogen-bond acceptors (Lipinski definition) is 1. The van der Waals surface area contributed by atoms with Crippen molar-refractivity contribution in [2.24, 2.45) is 5.73 Å². The van der Waals surface area contributed by atoms with E-state index in [4.69, 9.17) is 5.73 Å². The van der Waals surface area contributed by atoms with Crippen LogP contribution < -0.4 is 5.73 Å². The topological polar surface area (TPSA) is 26.0 Å². The third-order valence-corrected chi connectivity index (χ3v) is 2.52. The van der Waals surface area contributed by atoms with E-state index in [2.05, 4.69) is 31.2 Å². The smallest absolute Gasteiger partial charge is 0.00793 e. The molecule has 1 aromatic rings. The minimum absolute atomic E-state index is 0.337. The zero-order chi connectivity index (χ0) is 10.2. The summed E-state index contributed by atoms with van der Waals surface area (Å²) in [4.78, 5) is 0. The number of benzene rings is 1. The van der Waals surface area contributed by atoms with Crippen molar-refractivity contribution in [3.8, 4) is 0 Å². The Hall–Kier alpha value is -0.820. The third kappa shape index (κ3) is 4.43. The van der Waals surface area contributed by atoms with Gasteiger partial charge in [-0.15, -0.1) is 0 Å². The zero-order valence-electron chi connectivity index (χ0n) is 9.08. The highest BCUT2D eigenvalue weighted by atomic mass is 14.6. The summed E-state index contributed by atoms with van der Waals surface area (Å²) in [5.74, 6) is 0. The Kier molecular flexibility index (Phi) is 5.31. The summed E-state index contributed by atoms with van der Waals surface area (Å²) in [6.07, 6.45) is 6.03. The van der Waals surface area contributed by atoms with Crippen molar-refractivity contribution in [3.63, 3.8) is 0 Å². The van der Waals surface area contributed by atoms with Gasteiger partial charge in [-0.05, 0) is 18.4 Å². The summed E-state index contributed by atoms with van der Waals surface area (Å²) >= 11 is 0. The van der Waals surface area contributed by atoms with Gasteiger partial charge in [0.25, 0.3) is 0 Å². The van der Waals surface area contributed by atoms with Crippen molar-refractivity contribution >= 4 is 0 Å². The molecule has 0 amide bonds. The van der Waals surface area contributed by atoms with Crippen molar-refractivity contribution < 1.29 is 0 Å². The fourth-order valence-corrected chi connectivity index (χ4v) is 1.68. The zero-order valence-corrected chi connectivity index (χ0v) is 9.08. The Morgan fingerprint density at radius 3 is 2.50 bits per heavy atom. The van der Waals surface area contributed by atoms with Gasteiger partial charge in [-0.2, -0.15) is 0 Å². The van der Waals surface area contributed by atoms with E-state index in [0.29, 0.717) is 6.04 Å². The Labute approximate surface area is 87.3 Å². The van der Waals surface area contributed by atoms with E-state index in [0.717, 1.165) is 12.8 Å². The second-order valence-corrected chi connectivity index (χ2v) is 3.95. The molecule has 0 aliphatic carbocycles. The van der Waals surface area contributed by atoms with Gasteiger partial charge in [0.05, 0.1) is 0 Å². The van der Waals surface area contributed by atoms with E-state index < -0.39 is 0 Å². The summed E-state index contributed by atoms with van der Waals surface area (Å²) in [5, 5.41) is 0. The molecule has 14 heavy (non-hydrogen) atoms. The van der Waals surface area contributed by atoms with Crippen LogP contribution in [-0.2, 0) is 6.42 Å². The second-order valence-electron chi connectivity index (χ2n) is 3.95. The summed E-state index contributed by atoms with van der Waals surface area (Å²) in [5.41, 5.74) is 7.40. The van der Waals surface area contributed by atoms with Gasteiger partial charge in [-0.3, -0.25) is 0 Å². The van der Waals surface area contributed by atoms with E-state index in [9.17, 15) is 0 Å². The molecule has 0 aliphatic heterocycles. The van der Waals surface area contributed by atoms with Gasteiger partial charge in [0, 0.05) is 6.04 Å². The quantitative estimate of drug-likeness (QED) is 0.687. The van der Waals surface area contributed by atoms with Gasteiger partial charge in [0.1, 0.15) is 0 Å². The predicted octanol–water partition coefficient (Wildman–Crippen LogP) is 3.14. The third-order valence-electron chi connectivity index (χ3n) is 2.52. The summed E-state index contributed by atoms with van der Waals surface area (Å²) in [6, 6.07) is 10.8. The first-order valence-corrected chi connectivity index (χ1v) is 5.62. The Balaban J connectivity index is 2.23. The highest BCUT2D eigenvalue weighted by Gasteiger charge is 2.02. The molecule has 0 saturated carbocycles. The van der Waals surface area contributed by atoms with E-state index in [-0.39, 0.29) is 0 Å². The van der Waals surface area contributed by atoms with Crippen LogP contribution in [0.5, 0.6) is 0 Å². The molecular weight excluding hydrogens is 170 g/mol. The first kappa shape index (κ1) is 11.3. The van der Waals surface area contributed by atoms with Crippen LogP contribution >= 0.6 is 0 Å². The fraction of sp³-hybridized carbons (Fsp3) is 0.538. The molecule has 2 N–H and O–H groups in total. The predicted molar refractivity (Wildman–Crippen MR) is 62.3 cm³/mol. The Bertz CT molecular complexity index is 230. The van der Waals surface area contributed by atoms with Crippen molar-refractivity contribution in [1.29, 1.82) is 0 Å². The molecule has 0 spiro atoms. The lowest BCUT2D eigenvalue weighted by Gasteiger charge is -2.10. The molecular formula is C13H21N. The molecule has 1 aromatic carbocycles. The highest BCUT2D eigenvalue weighted by molar-refractivity contribution is 5.15. The average Bonchev–Trinajstić information content (AvgIpc) is 2.20. The number of nitrogens with two attached hydrogens (primary N) is 1. The van der Waals surface area contributed by atoms with Gasteiger partial charge < -0.3 is 5.73 Å². The Morgan fingerprint density at radius 2 is 1.86 bits per heavy atom. The van der Waals surface area contributed by atoms with Crippen LogP contribution in [0.2, 0.25) is 0 Å². The highest BCUT2D eigenvalue weighted by Crippen LogP contribution is 2.07. The molecule has 0 aromatic heterocycles. The van der Waals surface area contributed by atoms with Crippen LogP contribution in [-0.4, -0.2) is 6.04 Å². The first-order valence-electron chi connectivity index (χ1n) is 5.62. The largest absolute Gasteiger partial charge is 0.327 e. The number of rotatable bonds is 6. The molecule has 0 fully saturated rings. The number of hydrogen-bond donors (Lipinski definition) is 1. The van der Waals surface area contributed by atoms with E-state index in [1.807, 2.05) is 6.07 Å². The van der Waals surface area contributed by atoms with Gasteiger partial charge in [-0.1, -0.05) is 56.5 Å². The molecule has 78 valence electrons. The van der Waals surface area contributed by atoms with Crippen LogP contribution in [0.15, 0.2) is 30.3 Å². The van der Waals surface area contributed by atoms with Crippen molar-refractivity contribution in [2.75, 3.05) is 0 Å². The maximum atomic E-state index is 6.05. The van der Waals surface area contributed by atoms with Crippen molar-refractivity contribution in [1.82, 2.24) is 0 Å². The van der Waals surface area contributed by atoms with Gasteiger partial charge >= 0.3 is 0 Å². The lowest BCUT2D eigenvalue weighted by Crippen LogP contribution is -2.22. The molecule has 1 nitrogen and oxygen atoms in total. The standard InChI is InChI=1S/C13H21N/c1-2-3-5-10-13(14)11-12-8-6-4-7-9-12/h4,6-9,13H,2-3,5,10-11,14H2,1H3. The van der Waals surface area contributed by atoms with E-state index in [1.54, 1.807) is 0 Å². The maximum Gasteiger partial charge on any atom is 0.00793 e. The minimum Gasteiger partial charge on any atom is -0.327 e. The molecule has 1 rings (SSSR count). The average molecular weight is 191 g/mol. The molecule has 0 radical (unpaired) electrons. The summed E-state index contributed by atoms with van der Waals surface area (Å²) < 4.78 is 0. The summed E-state index contributed by atoms with van der Waals surface area (Å²) in [6.45, 7) is 2.22. The van der Waals surface area contributed by atoms with Crippen LogP contribution in [0.1, 0.15) is 38.2 Å². The van der Waals surface area contributed by atoms with E-state index in [1.165, 1.54) is 24.8 Å². The maximum absolute atomic E-state index is 6.05. The lowest BCUT2D eigenvalue weighted by molar-refractivity contribution is 0.557. The van der Waals surface area contributed by atoms with E-state index >= 15 is 0 Å². The monoisotopic (exact) mass is 191 g/mol. The fourth-order valence-electron chi connectivity index (χ4n) is 1.68. The molecule has 0 bridgehead atoms. The van der Waals surface area contributed by atoms with Gasteiger partial charge in [0.2, 0.25) is 0 Å². The summed E-state index contributed by atoms with van der Waals surface area (Å²) in [7, 11) is 0. The lowest BCUT2D eigenvalue weighted by atomic mass is 10.0. The van der Waals surface area contributed by atoms with Crippen LogP contribution in [0.3, 0.4) is 0 Å². The van der Waals surface area contributed by atoms with Crippen LogP contribution in [0, 0.1) is 0 Å². The molecule has 0 aliphatic rings. The minimum atomic E-state index is 0.337. The van der Waals surface area contributed by atoms with Crippen molar-refractivity contribution in [3.05, 3.63) is 35.9 Å². The molecule has 0 saturated heterocycles. The molecule has 1 unspecified atom stereocenters. The Morgan fingerprint density at radius 1 is 1.14 bits per heavy atom. The van der Waals surface area contributed by atoms with Gasteiger partial charge in [0.15, 0.2) is 0 Å². The SMILES string of the molecule is CCCCCC(N)Cc1ccccc1. The second kappa shape index (κ2) is 6.61. The number of unbranched alkanes of at least 4 members (excludes halogenated alkanes) is 2. The van der Waals surface area contributed by atoms with Crippen LogP contribution in [0.4, 0.5) is 0 Å². The molecule has 1 heteroatoms. The molecule has 0 heterocycles. The van der Waals surface area contributed by atoms with Crippen LogP contribution in [0.25, 0.3) is 0 Å². The molecule has 1 atom stereocenters. The van der Waals surface area contributed by atoms with Gasteiger partial charge in [-0.25, -0.2) is 0 Å².